The number of anilines is 1. The predicted octanol–water partition coefficient (Wildman–Crippen LogP) is 2.95. The molecule has 0 atom stereocenters. The maximum atomic E-state index is 12.9. The van der Waals surface area contributed by atoms with E-state index in [0.717, 1.165) is 27.1 Å². The maximum Gasteiger partial charge on any atom is 0.294 e. The Morgan fingerprint density at radius 3 is 2.41 bits per heavy atom. The molecule has 0 aliphatic heterocycles. The molecule has 0 fully saturated rings. The molecule has 2 aromatic carbocycles. The lowest BCUT2D eigenvalue weighted by atomic mass is 10.2. The van der Waals surface area contributed by atoms with E-state index in [9.17, 15) is 4.79 Å². The number of hydrogen-bond donors (Lipinski definition) is 1. The molecule has 0 radical (unpaired) electrons. The summed E-state index contributed by atoms with van der Waals surface area (Å²) in [6.45, 7) is 0. The van der Waals surface area contributed by atoms with Gasteiger partial charge in [-0.05, 0) is 36.4 Å². The van der Waals surface area contributed by atoms with Crippen molar-refractivity contribution in [3.63, 3.8) is 0 Å². The number of carbonyl (C=O) groups excluding carboxylic acids is 1. The summed E-state index contributed by atoms with van der Waals surface area (Å²) in [5.74, 6) is 6.06. The zero-order valence-electron chi connectivity index (χ0n) is 14.1. The van der Waals surface area contributed by atoms with Crippen LogP contribution in [-0.2, 0) is 0 Å². The third kappa shape index (κ3) is 2.41. The van der Waals surface area contributed by atoms with Crippen molar-refractivity contribution in [1.29, 1.82) is 0 Å². The lowest BCUT2D eigenvalue weighted by molar-refractivity contribution is 0.0981. The number of aromatic nitrogens is 4. The van der Waals surface area contributed by atoms with Crippen LogP contribution < -0.4 is 10.9 Å². The van der Waals surface area contributed by atoms with Crippen LogP contribution in [0, 0.1) is 0 Å². The summed E-state index contributed by atoms with van der Waals surface area (Å²) in [4.78, 5) is 26.2. The van der Waals surface area contributed by atoms with Gasteiger partial charge in [0.2, 0.25) is 0 Å². The molecule has 0 bridgehead atoms. The molecule has 5 rings (SSSR count). The Bertz CT molecular complexity index is 1330. The minimum Gasteiger partial charge on any atom is -0.312 e. The summed E-state index contributed by atoms with van der Waals surface area (Å²) in [5, 5.41) is 1.03. The van der Waals surface area contributed by atoms with Gasteiger partial charge in [0.05, 0.1) is 33.8 Å². The van der Waals surface area contributed by atoms with Crippen LogP contribution in [0.5, 0.6) is 0 Å². The fraction of sp³-hybridized carbons (Fsp3) is 0. The number of rotatable bonds is 2. The Labute approximate surface area is 153 Å². The smallest absolute Gasteiger partial charge is 0.294 e. The topological polar surface area (TPSA) is 89.4 Å². The molecule has 7 heteroatoms. The zero-order valence-corrected chi connectivity index (χ0v) is 14.1. The predicted molar refractivity (Wildman–Crippen MR) is 103 cm³/mol. The minimum atomic E-state index is -0.473. The average Bonchev–Trinajstić information content (AvgIpc) is 3.22. The van der Waals surface area contributed by atoms with E-state index in [1.54, 1.807) is 6.07 Å². The Morgan fingerprint density at radius 2 is 1.56 bits per heavy atom. The van der Waals surface area contributed by atoms with Gasteiger partial charge in [0.15, 0.2) is 5.82 Å². The second kappa shape index (κ2) is 5.86. The van der Waals surface area contributed by atoms with Crippen molar-refractivity contribution >= 4 is 39.3 Å². The lowest BCUT2D eigenvalue weighted by Crippen LogP contribution is -2.39. The van der Waals surface area contributed by atoms with Crippen LogP contribution in [-0.4, -0.2) is 25.3 Å². The number of hydrazine groups is 1. The number of para-hydroxylation sites is 4. The summed E-state index contributed by atoms with van der Waals surface area (Å²) in [6, 6.07) is 18.8. The normalized spacial score (nSPS) is 11.3. The van der Waals surface area contributed by atoms with Gasteiger partial charge in [-0.1, -0.05) is 24.3 Å². The molecular weight excluding hydrogens is 340 g/mol. The first kappa shape index (κ1) is 15.4. The summed E-state index contributed by atoms with van der Waals surface area (Å²) in [5.41, 5.74) is 3.93. The summed E-state index contributed by atoms with van der Waals surface area (Å²) >= 11 is 0. The molecule has 3 aromatic heterocycles. The van der Waals surface area contributed by atoms with E-state index < -0.39 is 5.91 Å². The van der Waals surface area contributed by atoms with Crippen molar-refractivity contribution in [2.75, 3.05) is 5.01 Å². The van der Waals surface area contributed by atoms with Crippen molar-refractivity contribution in [1.82, 2.24) is 19.4 Å². The number of nitrogens with zero attached hydrogens (tertiary/aromatic N) is 5. The van der Waals surface area contributed by atoms with E-state index in [1.807, 2.05) is 65.2 Å². The highest BCUT2D eigenvalue weighted by atomic mass is 16.2. The molecule has 1 amide bonds. The molecule has 5 aromatic rings. The van der Waals surface area contributed by atoms with Crippen LogP contribution in [0.1, 0.15) is 10.5 Å². The third-order valence-corrected chi connectivity index (χ3v) is 4.46. The molecule has 0 spiro atoms. The fourth-order valence-corrected chi connectivity index (χ4v) is 3.16. The van der Waals surface area contributed by atoms with Gasteiger partial charge in [-0.2, -0.15) is 0 Å². The van der Waals surface area contributed by atoms with Gasteiger partial charge in [-0.25, -0.2) is 20.8 Å². The fourth-order valence-electron chi connectivity index (χ4n) is 3.16. The van der Waals surface area contributed by atoms with Crippen LogP contribution in [0.3, 0.4) is 0 Å². The molecular formula is C20H14N6O. The molecule has 0 aliphatic carbocycles. The SMILES string of the molecule is NN(C(=O)c1cnc2ccccc2n1)c1nc2ccccc2n2cccc12. The number of nitrogens with two attached hydrogens (primary N) is 1. The second-order valence-electron chi connectivity index (χ2n) is 6.11. The molecule has 0 saturated carbocycles. The molecule has 3 heterocycles. The number of amides is 1. The second-order valence-corrected chi connectivity index (χ2v) is 6.11. The molecule has 27 heavy (non-hydrogen) atoms. The standard InChI is InChI=1S/C20H14N6O/c21-26(20(27)16-12-22-13-6-1-2-7-14(13)23-16)19-18-10-5-11-25(18)17-9-4-3-8-15(17)24-19/h1-12H,21H2. The summed E-state index contributed by atoms with van der Waals surface area (Å²) in [7, 11) is 0. The minimum absolute atomic E-state index is 0.163. The summed E-state index contributed by atoms with van der Waals surface area (Å²) < 4.78 is 1.96. The van der Waals surface area contributed by atoms with Crippen molar-refractivity contribution < 1.29 is 4.79 Å². The molecule has 0 saturated heterocycles. The lowest BCUT2D eigenvalue weighted by Gasteiger charge is -2.17. The molecule has 7 nitrogen and oxygen atoms in total. The third-order valence-electron chi connectivity index (χ3n) is 4.46. The largest absolute Gasteiger partial charge is 0.312 e. The van der Waals surface area contributed by atoms with Gasteiger partial charge in [0, 0.05) is 6.20 Å². The van der Waals surface area contributed by atoms with Crippen LogP contribution >= 0.6 is 0 Å². The van der Waals surface area contributed by atoms with Crippen LogP contribution in [0.4, 0.5) is 5.82 Å². The van der Waals surface area contributed by atoms with Gasteiger partial charge in [0.1, 0.15) is 5.69 Å². The molecule has 130 valence electrons. The Kier molecular flexibility index (Phi) is 3.34. The van der Waals surface area contributed by atoms with Gasteiger partial charge >= 0.3 is 0 Å². The van der Waals surface area contributed by atoms with E-state index in [0.29, 0.717) is 11.3 Å². The molecule has 0 aliphatic rings. The first-order valence-corrected chi connectivity index (χ1v) is 8.39. The highest BCUT2D eigenvalue weighted by Crippen LogP contribution is 2.24. The highest BCUT2D eigenvalue weighted by molar-refractivity contribution is 6.06. The van der Waals surface area contributed by atoms with E-state index in [4.69, 9.17) is 5.84 Å². The highest BCUT2D eigenvalue weighted by Gasteiger charge is 2.21. The number of hydrogen-bond acceptors (Lipinski definition) is 5. The maximum absolute atomic E-state index is 12.9. The van der Waals surface area contributed by atoms with Gasteiger partial charge < -0.3 is 4.40 Å². The Balaban J connectivity index is 1.64. The van der Waals surface area contributed by atoms with Crippen LogP contribution in [0.15, 0.2) is 73.1 Å². The van der Waals surface area contributed by atoms with E-state index >= 15 is 0 Å². The van der Waals surface area contributed by atoms with Crippen LogP contribution in [0.25, 0.3) is 27.6 Å². The average molecular weight is 354 g/mol. The van der Waals surface area contributed by atoms with Crippen molar-refractivity contribution in [3.8, 4) is 0 Å². The monoisotopic (exact) mass is 354 g/mol. The van der Waals surface area contributed by atoms with Gasteiger partial charge in [0.25, 0.3) is 5.91 Å². The van der Waals surface area contributed by atoms with Gasteiger partial charge in [-0.15, -0.1) is 0 Å². The number of benzene rings is 2. The number of carbonyl (C=O) groups is 1. The van der Waals surface area contributed by atoms with Crippen molar-refractivity contribution in [2.24, 2.45) is 5.84 Å². The molecule has 2 N–H and O–H groups in total. The Hall–Kier alpha value is -3.84. The quantitative estimate of drug-likeness (QED) is 0.299. The number of fused-ring (bicyclic) bond motifs is 4. The first-order valence-electron chi connectivity index (χ1n) is 8.39. The zero-order chi connectivity index (χ0) is 18.4. The summed E-state index contributed by atoms with van der Waals surface area (Å²) in [6.07, 6.45) is 3.35. The van der Waals surface area contributed by atoms with Crippen molar-refractivity contribution in [2.45, 2.75) is 0 Å². The Morgan fingerprint density at radius 1 is 0.852 bits per heavy atom. The van der Waals surface area contributed by atoms with E-state index in [1.165, 1.54) is 6.20 Å². The van der Waals surface area contributed by atoms with Gasteiger partial charge in [-0.3, -0.25) is 9.78 Å². The van der Waals surface area contributed by atoms with E-state index in [2.05, 4.69) is 15.0 Å². The molecule has 0 unspecified atom stereocenters. The van der Waals surface area contributed by atoms with Crippen LogP contribution in [0.2, 0.25) is 0 Å². The first-order chi connectivity index (χ1) is 13.2. The van der Waals surface area contributed by atoms with Crippen molar-refractivity contribution in [3.05, 3.63) is 78.8 Å². The van der Waals surface area contributed by atoms with E-state index in [-0.39, 0.29) is 5.69 Å².